The molecule has 0 aliphatic carbocycles. The molecule has 0 unspecified atom stereocenters. The topological polar surface area (TPSA) is 80.3 Å². The normalized spacial score (nSPS) is 16.0. The van der Waals surface area contributed by atoms with Crippen LogP contribution in [0.1, 0.15) is 5.82 Å². The minimum absolute atomic E-state index is 0.0171. The lowest BCUT2D eigenvalue weighted by molar-refractivity contribution is 0.240. The minimum Gasteiger partial charge on any atom is -0.369 e. The predicted molar refractivity (Wildman–Crippen MR) is 88.8 cm³/mol. The summed E-state index contributed by atoms with van der Waals surface area (Å²) >= 11 is 0. The molecule has 1 aromatic carbocycles. The highest BCUT2D eigenvalue weighted by Gasteiger charge is 2.19. The molecular formula is C16H18N6O2. The quantitative estimate of drug-likeness (QED) is 0.698. The third kappa shape index (κ3) is 2.76. The molecule has 8 heteroatoms. The average molecular weight is 326 g/mol. The summed E-state index contributed by atoms with van der Waals surface area (Å²) in [6, 6.07) is 5.86. The highest BCUT2D eigenvalue weighted by atomic mass is 16.5. The Labute approximate surface area is 138 Å². The van der Waals surface area contributed by atoms with E-state index in [9.17, 15) is 4.79 Å². The van der Waals surface area contributed by atoms with Gasteiger partial charge in [0.05, 0.1) is 23.8 Å². The van der Waals surface area contributed by atoms with Gasteiger partial charge in [-0.15, -0.1) is 0 Å². The molecule has 0 spiro atoms. The first-order valence-corrected chi connectivity index (χ1v) is 7.88. The third-order valence-electron chi connectivity index (χ3n) is 4.41. The van der Waals surface area contributed by atoms with Gasteiger partial charge in [-0.2, -0.15) is 4.98 Å². The van der Waals surface area contributed by atoms with Crippen molar-refractivity contribution in [1.82, 2.24) is 24.6 Å². The van der Waals surface area contributed by atoms with Crippen LogP contribution < -0.4 is 10.5 Å². The van der Waals surface area contributed by atoms with E-state index >= 15 is 0 Å². The Kier molecular flexibility index (Phi) is 3.73. The van der Waals surface area contributed by atoms with Crippen LogP contribution in [0.15, 0.2) is 40.2 Å². The van der Waals surface area contributed by atoms with Gasteiger partial charge in [-0.1, -0.05) is 5.16 Å². The van der Waals surface area contributed by atoms with E-state index in [4.69, 9.17) is 4.52 Å². The molecule has 0 saturated carbocycles. The zero-order chi connectivity index (χ0) is 16.5. The molecule has 24 heavy (non-hydrogen) atoms. The standard InChI is InChI=1S/C16H18N6O2/c1-20-10-17-14-8-12(2-3-13(14)16(20)23)22-6-4-21(5-7-22)9-15-18-11-24-19-15/h2-3,8,10-11H,4-7,9H2,1H3. The number of benzene rings is 1. The molecule has 0 radical (unpaired) electrons. The second-order valence-corrected chi connectivity index (χ2v) is 5.97. The summed E-state index contributed by atoms with van der Waals surface area (Å²) in [6.45, 7) is 4.38. The van der Waals surface area contributed by atoms with Crippen LogP contribution in [-0.4, -0.2) is 50.8 Å². The second kappa shape index (κ2) is 6.04. The fraction of sp³-hybridized carbons (Fsp3) is 0.375. The molecular weight excluding hydrogens is 308 g/mol. The van der Waals surface area contributed by atoms with Gasteiger partial charge in [-0.25, -0.2) is 4.98 Å². The number of aromatic nitrogens is 4. The molecule has 0 amide bonds. The van der Waals surface area contributed by atoms with Gasteiger partial charge in [0.2, 0.25) is 6.39 Å². The van der Waals surface area contributed by atoms with E-state index in [2.05, 4.69) is 24.9 Å². The van der Waals surface area contributed by atoms with Crippen LogP contribution in [0.2, 0.25) is 0 Å². The van der Waals surface area contributed by atoms with Crippen LogP contribution in [0.25, 0.3) is 10.9 Å². The maximum Gasteiger partial charge on any atom is 0.260 e. The van der Waals surface area contributed by atoms with Gasteiger partial charge < -0.3 is 14.0 Å². The second-order valence-electron chi connectivity index (χ2n) is 5.97. The number of fused-ring (bicyclic) bond motifs is 1. The van der Waals surface area contributed by atoms with Crippen LogP contribution >= 0.6 is 0 Å². The van der Waals surface area contributed by atoms with Crippen molar-refractivity contribution in [2.45, 2.75) is 6.54 Å². The van der Waals surface area contributed by atoms with E-state index in [1.165, 1.54) is 11.0 Å². The Hall–Kier alpha value is -2.74. The lowest BCUT2D eigenvalue weighted by atomic mass is 10.2. The van der Waals surface area contributed by atoms with Crippen molar-refractivity contribution < 1.29 is 4.52 Å². The maximum atomic E-state index is 12.1. The Morgan fingerprint density at radius 2 is 2.00 bits per heavy atom. The zero-order valence-corrected chi connectivity index (χ0v) is 13.4. The number of aryl methyl sites for hydroxylation is 1. The lowest BCUT2D eigenvalue weighted by Crippen LogP contribution is -2.46. The maximum absolute atomic E-state index is 12.1. The van der Waals surface area contributed by atoms with E-state index in [0.717, 1.165) is 37.4 Å². The summed E-state index contributed by atoms with van der Waals surface area (Å²) in [7, 11) is 1.71. The van der Waals surface area contributed by atoms with E-state index in [1.54, 1.807) is 13.4 Å². The molecule has 1 aliphatic heterocycles. The highest BCUT2D eigenvalue weighted by Crippen LogP contribution is 2.20. The molecule has 1 aliphatic rings. The van der Waals surface area contributed by atoms with Crippen molar-refractivity contribution in [2.24, 2.45) is 7.05 Å². The summed E-state index contributed by atoms with van der Waals surface area (Å²) in [5.74, 6) is 0.717. The van der Waals surface area contributed by atoms with Crippen LogP contribution in [0.5, 0.6) is 0 Å². The van der Waals surface area contributed by atoms with Gasteiger partial charge in [-0.3, -0.25) is 9.69 Å². The zero-order valence-electron chi connectivity index (χ0n) is 13.4. The predicted octanol–water partition coefficient (Wildman–Crippen LogP) is 0.639. The summed E-state index contributed by atoms with van der Waals surface area (Å²) < 4.78 is 6.27. The number of hydrogen-bond acceptors (Lipinski definition) is 7. The molecule has 124 valence electrons. The average Bonchev–Trinajstić information content (AvgIpc) is 3.12. The van der Waals surface area contributed by atoms with Gasteiger partial charge in [0.25, 0.3) is 5.56 Å². The van der Waals surface area contributed by atoms with Crippen LogP contribution in [0.4, 0.5) is 5.69 Å². The lowest BCUT2D eigenvalue weighted by Gasteiger charge is -2.35. The minimum atomic E-state index is -0.0171. The summed E-state index contributed by atoms with van der Waals surface area (Å²) in [5.41, 5.74) is 1.82. The third-order valence-corrected chi connectivity index (χ3v) is 4.41. The van der Waals surface area contributed by atoms with Crippen molar-refractivity contribution in [3.63, 3.8) is 0 Å². The van der Waals surface area contributed by atoms with E-state index in [1.807, 2.05) is 18.2 Å². The smallest absolute Gasteiger partial charge is 0.260 e. The Balaban J connectivity index is 1.48. The van der Waals surface area contributed by atoms with Gasteiger partial charge in [-0.05, 0) is 18.2 Å². The summed E-state index contributed by atoms with van der Waals surface area (Å²) in [4.78, 5) is 25.1. The van der Waals surface area contributed by atoms with Crippen molar-refractivity contribution in [3.8, 4) is 0 Å². The van der Waals surface area contributed by atoms with E-state index in [0.29, 0.717) is 17.8 Å². The van der Waals surface area contributed by atoms with Crippen LogP contribution in [-0.2, 0) is 13.6 Å². The SMILES string of the molecule is Cn1cnc2cc(N3CCN(Cc4ncon4)CC3)ccc2c1=O. The van der Waals surface area contributed by atoms with Crippen molar-refractivity contribution in [2.75, 3.05) is 31.1 Å². The Bertz CT molecular complexity index is 897. The number of anilines is 1. The van der Waals surface area contributed by atoms with Gasteiger partial charge >= 0.3 is 0 Å². The molecule has 3 heterocycles. The summed E-state index contributed by atoms with van der Waals surface area (Å²) in [6.07, 6.45) is 2.93. The van der Waals surface area contributed by atoms with Gasteiger partial charge in [0.15, 0.2) is 5.82 Å². The number of hydrogen-bond donors (Lipinski definition) is 0. The molecule has 1 fully saturated rings. The van der Waals surface area contributed by atoms with Crippen LogP contribution in [0, 0.1) is 0 Å². The molecule has 8 nitrogen and oxygen atoms in total. The van der Waals surface area contributed by atoms with Gasteiger partial charge in [0, 0.05) is 38.9 Å². The molecule has 0 N–H and O–H groups in total. The van der Waals surface area contributed by atoms with E-state index < -0.39 is 0 Å². The first-order valence-electron chi connectivity index (χ1n) is 7.88. The number of piperazine rings is 1. The monoisotopic (exact) mass is 326 g/mol. The molecule has 2 aromatic heterocycles. The van der Waals surface area contributed by atoms with E-state index in [-0.39, 0.29) is 5.56 Å². The van der Waals surface area contributed by atoms with Gasteiger partial charge in [0.1, 0.15) is 0 Å². The molecule has 1 saturated heterocycles. The molecule has 0 atom stereocenters. The number of rotatable bonds is 3. The molecule has 0 bridgehead atoms. The summed E-state index contributed by atoms with van der Waals surface area (Å²) in [5, 5.41) is 4.51. The highest BCUT2D eigenvalue weighted by molar-refractivity contribution is 5.81. The fourth-order valence-corrected chi connectivity index (χ4v) is 3.02. The molecule has 3 aromatic rings. The number of nitrogens with zero attached hydrogens (tertiary/aromatic N) is 6. The fourth-order valence-electron chi connectivity index (χ4n) is 3.02. The first-order chi connectivity index (χ1) is 11.7. The van der Waals surface area contributed by atoms with Crippen molar-refractivity contribution in [1.29, 1.82) is 0 Å². The Morgan fingerprint density at radius 3 is 2.75 bits per heavy atom. The Morgan fingerprint density at radius 1 is 1.17 bits per heavy atom. The van der Waals surface area contributed by atoms with Crippen LogP contribution in [0.3, 0.4) is 0 Å². The van der Waals surface area contributed by atoms with Crippen molar-refractivity contribution in [3.05, 3.63) is 47.1 Å². The first kappa shape index (κ1) is 14.8. The largest absolute Gasteiger partial charge is 0.369 e. The van der Waals surface area contributed by atoms with Crippen molar-refractivity contribution >= 4 is 16.6 Å². The molecule has 4 rings (SSSR count).